The maximum Gasteiger partial charge on any atom is 0.276 e. The molecule has 1 aromatic carbocycles. The van der Waals surface area contributed by atoms with E-state index in [4.69, 9.17) is 18.9 Å². The fourth-order valence-electron chi connectivity index (χ4n) is 4.78. The van der Waals surface area contributed by atoms with Crippen LogP contribution in [0.15, 0.2) is 22.6 Å². The van der Waals surface area contributed by atoms with Gasteiger partial charge in [0.25, 0.3) is 5.91 Å². The van der Waals surface area contributed by atoms with Crippen LogP contribution in [0.1, 0.15) is 28.4 Å². The number of methoxy groups -OCH3 is 1. The van der Waals surface area contributed by atoms with E-state index in [2.05, 4.69) is 34.1 Å². The SMILES string of the molecule is COc1cc(-c2nnc(Cn3c(N4CC[C@@H](N(C)C)C4)nc4c3C(=O)N(C)COCN4C)o2)ccc1C. The fourth-order valence-corrected chi connectivity index (χ4v) is 4.78. The molecule has 0 unspecified atom stereocenters. The van der Waals surface area contributed by atoms with Crippen LogP contribution in [0.4, 0.5) is 11.8 Å². The lowest BCUT2D eigenvalue weighted by Gasteiger charge is -2.26. The summed E-state index contributed by atoms with van der Waals surface area (Å²) in [6, 6.07) is 6.16. The van der Waals surface area contributed by atoms with Crippen molar-refractivity contribution in [2.75, 3.05) is 71.7 Å². The molecule has 2 aliphatic heterocycles. The van der Waals surface area contributed by atoms with E-state index in [9.17, 15) is 4.79 Å². The first-order chi connectivity index (χ1) is 17.8. The minimum Gasteiger partial charge on any atom is -0.496 e. The second-order valence-electron chi connectivity index (χ2n) is 9.87. The van der Waals surface area contributed by atoms with Crippen LogP contribution in [0.25, 0.3) is 11.5 Å². The highest BCUT2D eigenvalue weighted by Crippen LogP contribution is 2.32. The number of likely N-dealkylation sites (N-methyl/N-ethyl adjacent to an activating group) is 1. The number of nitrogens with zero attached hydrogens (tertiary/aromatic N) is 8. The number of ether oxygens (including phenoxy) is 2. The molecule has 0 radical (unpaired) electrons. The lowest BCUT2D eigenvalue weighted by molar-refractivity contribution is 0.0312. The number of benzene rings is 1. The number of rotatable bonds is 6. The van der Waals surface area contributed by atoms with Gasteiger partial charge in [0.05, 0.1) is 7.11 Å². The first-order valence-electron chi connectivity index (χ1n) is 12.3. The Morgan fingerprint density at radius 2 is 1.95 bits per heavy atom. The summed E-state index contributed by atoms with van der Waals surface area (Å²) < 4.78 is 19.1. The highest BCUT2D eigenvalue weighted by atomic mass is 16.5. The lowest BCUT2D eigenvalue weighted by Crippen LogP contribution is -2.38. The maximum absolute atomic E-state index is 13.5. The number of anilines is 2. The van der Waals surface area contributed by atoms with Gasteiger partial charge in [-0.2, -0.15) is 4.98 Å². The molecular formula is C25H34N8O4. The number of aromatic nitrogens is 4. The molecular weight excluding hydrogens is 476 g/mol. The van der Waals surface area contributed by atoms with Gasteiger partial charge in [0.2, 0.25) is 17.7 Å². The number of fused-ring (bicyclic) bond motifs is 1. The summed E-state index contributed by atoms with van der Waals surface area (Å²) in [6.45, 7) is 4.35. The van der Waals surface area contributed by atoms with E-state index >= 15 is 0 Å². The number of carbonyl (C=O) groups excluding carboxylic acids is 1. The van der Waals surface area contributed by atoms with Crippen molar-refractivity contribution in [3.05, 3.63) is 35.3 Å². The topological polar surface area (TPSA) is 105 Å². The Morgan fingerprint density at radius 3 is 2.68 bits per heavy atom. The predicted octanol–water partition coefficient (Wildman–Crippen LogP) is 1.89. The van der Waals surface area contributed by atoms with Crippen LogP contribution in [-0.2, 0) is 11.3 Å². The molecule has 198 valence electrons. The average Bonchev–Trinajstić information content (AvgIpc) is 3.62. The molecule has 2 aromatic heterocycles. The van der Waals surface area contributed by atoms with E-state index in [1.54, 1.807) is 19.1 Å². The van der Waals surface area contributed by atoms with E-state index < -0.39 is 0 Å². The highest BCUT2D eigenvalue weighted by molar-refractivity contribution is 5.98. The smallest absolute Gasteiger partial charge is 0.276 e. The lowest BCUT2D eigenvalue weighted by atomic mass is 10.1. The van der Waals surface area contributed by atoms with Gasteiger partial charge in [-0.1, -0.05) is 6.07 Å². The van der Waals surface area contributed by atoms with Gasteiger partial charge >= 0.3 is 0 Å². The Labute approximate surface area is 216 Å². The van der Waals surface area contributed by atoms with Crippen molar-refractivity contribution < 1.29 is 18.7 Å². The molecule has 0 aliphatic carbocycles. The predicted molar refractivity (Wildman–Crippen MR) is 138 cm³/mol. The highest BCUT2D eigenvalue weighted by Gasteiger charge is 2.35. The van der Waals surface area contributed by atoms with E-state index in [0.717, 1.165) is 36.4 Å². The van der Waals surface area contributed by atoms with Crippen LogP contribution in [0.3, 0.4) is 0 Å². The minimum atomic E-state index is -0.174. The molecule has 4 heterocycles. The minimum absolute atomic E-state index is 0.174. The average molecular weight is 511 g/mol. The Morgan fingerprint density at radius 1 is 1.16 bits per heavy atom. The summed E-state index contributed by atoms with van der Waals surface area (Å²) in [5.41, 5.74) is 2.27. The summed E-state index contributed by atoms with van der Waals surface area (Å²) in [4.78, 5) is 26.3. The number of hydrogen-bond donors (Lipinski definition) is 0. The second kappa shape index (κ2) is 10.0. The van der Waals surface area contributed by atoms with Crippen molar-refractivity contribution in [1.82, 2.24) is 29.5 Å². The van der Waals surface area contributed by atoms with Crippen molar-refractivity contribution in [1.29, 1.82) is 0 Å². The molecule has 37 heavy (non-hydrogen) atoms. The van der Waals surface area contributed by atoms with E-state index in [1.165, 1.54) is 0 Å². The molecule has 5 rings (SSSR count). The van der Waals surface area contributed by atoms with Crippen LogP contribution in [0.2, 0.25) is 0 Å². The molecule has 2 aliphatic rings. The van der Waals surface area contributed by atoms with Crippen LogP contribution in [0, 0.1) is 6.92 Å². The van der Waals surface area contributed by atoms with Gasteiger partial charge < -0.3 is 33.5 Å². The standard InChI is InChI=1S/C25H34N8O4/c1-16-7-8-17(11-19(16)35-6)23-28-27-20(37-23)13-33-21-22(30(4)14-36-15-31(5)24(21)34)26-25(33)32-10-9-18(12-32)29(2)3/h7-8,11,18H,9-10,12-15H2,1-6H3/t18-/m1/s1. The molecule has 12 nitrogen and oxygen atoms in total. The molecule has 1 amide bonds. The van der Waals surface area contributed by atoms with Crippen LogP contribution >= 0.6 is 0 Å². The van der Waals surface area contributed by atoms with Crippen molar-refractivity contribution in [3.8, 4) is 17.2 Å². The third-order valence-electron chi connectivity index (χ3n) is 7.00. The van der Waals surface area contributed by atoms with Crippen molar-refractivity contribution in [3.63, 3.8) is 0 Å². The van der Waals surface area contributed by atoms with Crippen LogP contribution < -0.4 is 14.5 Å². The monoisotopic (exact) mass is 510 g/mol. The molecule has 1 atom stereocenters. The first-order valence-corrected chi connectivity index (χ1v) is 12.3. The molecule has 3 aromatic rings. The van der Waals surface area contributed by atoms with Crippen molar-refractivity contribution in [2.24, 2.45) is 0 Å². The largest absolute Gasteiger partial charge is 0.496 e. The van der Waals surface area contributed by atoms with Crippen molar-refractivity contribution >= 4 is 17.7 Å². The second-order valence-corrected chi connectivity index (χ2v) is 9.87. The number of carbonyl (C=O) groups is 1. The summed E-state index contributed by atoms with van der Waals surface area (Å²) >= 11 is 0. The van der Waals surface area contributed by atoms with E-state index in [1.807, 2.05) is 41.6 Å². The van der Waals surface area contributed by atoms with E-state index in [-0.39, 0.29) is 19.2 Å². The van der Waals surface area contributed by atoms with Gasteiger partial charge in [0.1, 0.15) is 25.8 Å². The Hall–Kier alpha value is -3.64. The molecule has 0 spiro atoms. The summed E-state index contributed by atoms with van der Waals surface area (Å²) in [5.74, 6) is 2.63. The number of imidazole rings is 1. The zero-order valence-corrected chi connectivity index (χ0v) is 22.3. The molecule has 0 bridgehead atoms. The quantitative estimate of drug-likeness (QED) is 0.488. The number of hydrogen-bond acceptors (Lipinski definition) is 10. The Bertz CT molecular complexity index is 1290. The van der Waals surface area contributed by atoms with Gasteiger partial charge in [-0.25, -0.2) is 0 Å². The van der Waals surface area contributed by atoms with Gasteiger partial charge in [-0.05, 0) is 45.1 Å². The summed E-state index contributed by atoms with van der Waals surface area (Å²) in [6.07, 6.45) is 1.01. The number of amides is 1. The first kappa shape index (κ1) is 25.0. The van der Waals surface area contributed by atoms with Crippen molar-refractivity contribution in [2.45, 2.75) is 25.9 Å². The Kier molecular flexibility index (Phi) is 6.78. The maximum atomic E-state index is 13.5. The zero-order valence-electron chi connectivity index (χ0n) is 22.3. The van der Waals surface area contributed by atoms with Gasteiger partial charge in [-0.15, -0.1) is 10.2 Å². The molecule has 1 saturated heterocycles. The van der Waals surface area contributed by atoms with Gasteiger partial charge in [0, 0.05) is 38.8 Å². The third-order valence-corrected chi connectivity index (χ3v) is 7.00. The van der Waals surface area contributed by atoms with Crippen LogP contribution in [-0.4, -0.2) is 103 Å². The Balaban J connectivity index is 1.55. The molecule has 1 fully saturated rings. The third kappa shape index (κ3) is 4.74. The van der Waals surface area contributed by atoms with Crippen LogP contribution in [0.5, 0.6) is 5.75 Å². The van der Waals surface area contributed by atoms with Gasteiger partial charge in [0.15, 0.2) is 11.5 Å². The molecule has 0 saturated carbocycles. The molecule has 0 N–H and O–H groups in total. The van der Waals surface area contributed by atoms with E-state index in [0.29, 0.717) is 42.0 Å². The zero-order chi connectivity index (χ0) is 26.3. The fraction of sp³-hybridized carbons (Fsp3) is 0.520. The summed E-state index contributed by atoms with van der Waals surface area (Å²) in [5, 5.41) is 8.59. The number of aryl methyl sites for hydroxylation is 1. The van der Waals surface area contributed by atoms with Gasteiger partial charge in [-0.3, -0.25) is 9.36 Å². The molecule has 12 heteroatoms. The normalized spacial score (nSPS) is 18.4. The summed E-state index contributed by atoms with van der Waals surface area (Å²) in [7, 11) is 9.41.